The minimum atomic E-state index is -1.02. The summed E-state index contributed by atoms with van der Waals surface area (Å²) in [6.07, 6.45) is 10.7. The molecule has 16 rings (SSSR count). The van der Waals surface area contributed by atoms with Gasteiger partial charge in [-0.3, -0.25) is 0 Å². The third-order valence-corrected chi connectivity index (χ3v) is 25.6. The van der Waals surface area contributed by atoms with Crippen molar-refractivity contribution in [3.05, 3.63) is 276 Å². The standard InChI is InChI=1S/2C27H30N2O5S.C26H29N3O5S.C25H27N3O5S.4ClH/c1-27(2,13-18-14-28-23-12-20(9-10-21(18)23)33-17-26(31)32)29-15-19(30)16-34-24-7-4-3-6-22(24)25-8-5-11-35-25;1-27(2,13-18-14-28-23-10-9-20(12-22(18)23)33-17-26(31)32)29-15-19(30)16-34-24-7-4-3-6-21(24)25-8-5-11-35-25;1-26(2,12-17-13-28-24-19(17)7-5-9-22(24)34-16-23(31)32)29-14-18(30)15-33-21-8-4-3-6-20(21)25-27-10-11-35-25;1-17(14-28-12-10-19-21(28)6-4-8-22(19)33-16-25(30)31)26-13-18(29)15-32-23-7-3-2-5-20(23)24-9-11-27-34-24;;;;/h2*3-12,14,19,28-30H,13,15-17H2,1-2H3,(H,31,32);3-11,13,18,28-30H,12,14-16H2,1-2H3,(H,31,32);2-12,17-18,26,29H,13-16H2,1H3,(H,30,31);4*1H/t2*19-;18-;17-,18+;;;;/m0001..../s1. The lowest BCUT2D eigenvalue weighted by atomic mass is 9.94. The number of nitrogens with one attached hydrogen (secondary N) is 7. The van der Waals surface area contributed by atoms with Gasteiger partial charge in [-0.15, -0.1) is 83.6 Å². The predicted octanol–water partition coefficient (Wildman–Crippen LogP) is 18.9. The average Bonchev–Trinajstić information content (AvgIpc) is 1.72. The minimum absolute atomic E-state index is 0. The van der Waals surface area contributed by atoms with E-state index in [2.05, 4.69) is 104 Å². The molecule has 38 heteroatoms. The van der Waals surface area contributed by atoms with Crippen LogP contribution in [-0.4, -0.2) is 220 Å². The summed E-state index contributed by atoms with van der Waals surface area (Å²) in [5, 5.41) is 102. The van der Waals surface area contributed by atoms with Crippen molar-refractivity contribution in [3.8, 4) is 87.9 Å². The van der Waals surface area contributed by atoms with E-state index in [1.54, 1.807) is 76.7 Å². The zero-order chi connectivity index (χ0) is 98.4. The lowest BCUT2D eigenvalue weighted by Crippen LogP contribution is -2.46. The number of hydrogen-bond acceptors (Lipinski definition) is 26. The van der Waals surface area contributed by atoms with E-state index < -0.39 is 54.9 Å². The minimum Gasteiger partial charge on any atom is -0.490 e. The van der Waals surface area contributed by atoms with Crippen molar-refractivity contribution in [2.75, 3.05) is 79.0 Å². The summed E-state index contributed by atoms with van der Waals surface area (Å²) in [6.45, 7) is 15.9. The van der Waals surface area contributed by atoms with Gasteiger partial charge in [0.15, 0.2) is 26.4 Å². The van der Waals surface area contributed by atoms with Gasteiger partial charge in [0.2, 0.25) is 0 Å². The van der Waals surface area contributed by atoms with E-state index in [1.807, 2.05) is 212 Å². The molecule has 0 spiro atoms. The van der Waals surface area contributed by atoms with Crippen LogP contribution in [0.5, 0.6) is 46.0 Å². The van der Waals surface area contributed by atoms with Crippen LogP contribution in [0, 0.1) is 0 Å². The highest BCUT2D eigenvalue weighted by Crippen LogP contribution is 2.39. The summed E-state index contributed by atoms with van der Waals surface area (Å²) in [5.74, 6) is 0.962. The van der Waals surface area contributed by atoms with Gasteiger partial charge in [0.25, 0.3) is 0 Å². The molecule has 0 fully saturated rings. The van der Waals surface area contributed by atoms with Crippen molar-refractivity contribution < 1.29 is 97.9 Å². The van der Waals surface area contributed by atoms with Crippen LogP contribution < -0.4 is 59.2 Å². The van der Waals surface area contributed by atoms with Crippen LogP contribution >= 0.6 is 95.2 Å². The molecule has 762 valence electrons. The zero-order valence-electron chi connectivity index (χ0n) is 79.6. The number of halogens is 4. The first-order chi connectivity index (χ1) is 66.9. The summed E-state index contributed by atoms with van der Waals surface area (Å²) < 4.78 is 51.4. The number of thiazole rings is 1. The van der Waals surface area contributed by atoms with E-state index in [-0.39, 0.29) is 119 Å². The molecule has 0 aliphatic rings. The normalized spacial score (nSPS) is 12.3. The second kappa shape index (κ2) is 55.5. The van der Waals surface area contributed by atoms with Crippen molar-refractivity contribution in [1.29, 1.82) is 0 Å². The number of nitrogens with zero attached hydrogens (tertiary/aromatic N) is 3. The molecule has 15 N–H and O–H groups in total. The van der Waals surface area contributed by atoms with Crippen LogP contribution in [0.25, 0.3) is 85.5 Å². The molecule has 0 unspecified atom stereocenters. The first-order valence-corrected chi connectivity index (χ1v) is 48.6. The monoisotopic (exact) mass is 2110 g/mol. The van der Waals surface area contributed by atoms with Gasteiger partial charge in [-0.1, -0.05) is 78.9 Å². The van der Waals surface area contributed by atoms with Gasteiger partial charge in [0.1, 0.15) is 102 Å². The summed E-state index contributed by atoms with van der Waals surface area (Å²) >= 11 is 6.26. The number of H-pyrrole nitrogens is 3. The van der Waals surface area contributed by atoms with Crippen molar-refractivity contribution in [2.45, 2.75) is 121 Å². The van der Waals surface area contributed by atoms with Gasteiger partial charge in [-0.2, -0.15) is 0 Å². The van der Waals surface area contributed by atoms with Crippen LogP contribution in [0.3, 0.4) is 0 Å². The summed E-state index contributed by atoms with van der Waals surface area (Å²) in [5.41, 5.74) is 9.87. The molecule has 5 atom stereocenters. The molecule has 0 saturated heterocycles. The number of rotatable bonds is 48. The number of carboxylic acids is 4. The van der Waals surface area contributed by atoms with Gasteiger partial charge >= 0.3 is 23.9 Å². The topological polar surface area (TPSA) is 430 Å². The second-order valence-corrected chi connectivity index (χ2v) is 38.7. The maximum atomic E-state index is 10.9. The molecule has 143 heavy (non-hydrogen) atoms. The summed E-state index contributed by atoms with van der Waals surface area (Å²) in [4.78, 5) is 60.5. The molecule has 8 heterocycles. The number of aromatic nitrogens is 6. The van der Waals surface area contributed by atoms with E-state index in [0.717, 1.165) is 126 Å². The molecule has 30 nitrogen and oxygen atoms in total. The number of aliphatic hydroxyl groups excluding tert-OH is 4. The van der Waals surface area contributed by atoms with Crippen molar-refractivity contribution in [1.82, 2.24) is 50.1 Å². The van der Waals surface area contributed by atoms with Gasteiger partial charge in [0, 0.05) is 163 Å². The van der Waals surface area contributed by atoms with E-state index in [9.17, 15) is 39.6 Å². The number of hydrogen-bond donors (Lipinski definition) is 15. The van der Waals surface area contributed by atoms with Crippen molar-refractivity contribution in [2.24, 2.45) is 0 Å². The molecule has 0 aliphatic heterocycles. The number of benzene rings is 8. The molecule has 0 saturated carbocycles. The third-order valence-electron chi connectivity index (χ3n) is 22.2. The Bertz CT molecular complexity index is 6510. The second-order valence-electron chi connectivity index (χ2n) is 35.1. The molecular formula is C105H120Cl4N10O20S4. The number of ether oxygens (including phenoxy) is 8. The fraction of sp³-hybridized carbons (Fsp3) is 0.295. The van der Waals surface area contributed by atoms with Crippen molar-refractivity contribution >= 4 is 163 Å². The molecule has 8 aromatic heterocycles. The number of carbonyl (C=O) groups is 4. The van der Waals surface area contributed by atoms with Gasteiger partial charge < -0.3 is 120 Å². The Hall–Kier alpha value is -12.3. The number of β-amino-alcohol motifs (C(OH)–C–C–N with tert-alkyl or cyclic N) is 3. The Balaban J connectivity index is 0.000000211. The Kier molecular flexibility index (Phi) is 44.4. The average molecular weight is 2110 g/mol. The number of aliphatic carboxylic acids is 4. The molecule has 0 amide bonds. The van der Waals surface area contributed by atoms with E-state index in [1.165, 1.54) is 11.5 Å². The molecule has 16 aromatic rings. The fourth-order valence-electron chi connectivity index (χ4n) is 15.5. The number of thiophene rings is 2. The molecular weight excluding hydrogens is 1990 g/mol. The zero-order valence-corrected chi connectivity index (χ0v) is 86.1. The number of aliphatic hydroxyl groups is 4. The quantitative estimate of drug-likeness (QED) is 0.0168. The smallest absolute Gasteiger partial charge is 0.341 e. The van der Waals surface area contributed by atoms with Gasteiger partial charge in [0.05, 0.1) is 21.5 Å². The van der Waals surface area contributed by atoms with Crippen LogP contribution in [0.4, 0.5) is 0 Å². The Morgan fingerprint density at radius 3 is 1.32 bits per heavy atom. The maximum absolute atomic E-state index is 10.9. The van der Waals surface area contributed by atoms with Gasteiger partial charge in [-0.25, -0.2) is 28.5 Å². The van der Waals surface area contributed by atoms with Gasteiger partial charge in [-0.05, 0) is 228 Å². The summed E-state index contributed by atoms with van der Waals surface area (Å²) in [6, 6.07) is 65.4. The van der Waals surface area contributed by atoms with Crippen LogP contribution in [0.15, 0.2) is 260 Å². The number of fused-ring (bicyclic) bond motifs is 4. The van der Waals surface area contributed by atoms with Crippen LogP contribution in [0.1, 0.15) is 65.2 Å². The number of aromatic amines is 3. The molecule has 0 radical (unpaired) electrons. The number of para-hydroxylation sites is 5. The third kappa shape index (κ3) is 34.5. The lowest BCUT2D eigenvalue weighted by Gasteiger charge is -2.28. The first kappa shape index (κ1) is 114. The SMILES string of the molecule is CC(C)(Cc1c[nH]c2c(OCC(=O)O)cccc12)NC[C@H](O)COc1ccccc1-c1nccs1.CC(C)(Cc1c[nH]c2cc(OCC(=O)O)ccc12)NC[C@H](O)COc1ccccc1-c1cccs1.CC(C)(Cc1c[nH]c2ccc(OCC(=O)O)cc12)NC[C@H](O)COc1ccccc1-c1cccs1.C[C@H](Cn1ccc2c(OCC(=O)O)cccc21)NC[C@H](O)COc1ccccc1-c1ccns1.Cl.Cl.Cl.Cl. The first-order valence-electron chi connectivity index (χ1n) is 45.2. The lowest BCUT2D eigenvalue weighted by molar-refractivity contribution is -0.140. The molecule has 0 aliphatic carbocycles. The van der Waals surface area contributed by atoms with Crippen molar-refractivity contribution in [3.63, 3.8) is 0 Å². The highest BCUT2D eigenvalue weighted by Gasteiger charge is 2.28. The number of carboxylic acid groups (broad SMARTS) is 4. The predicted molar refractivity (Wildman–Crippen MR) is 574 cm³/mol. The highest BCUT2D eigenvalue weighted by molar-refractivity contribution is 7.14. The Morgan fingerprint density at radius 2 is 0.825 bits per heavy atom. The molecule has 8 aromatic carbocycles. The van der Waals surface area contributed by atoms with Crippen LogP contribution in [-0.2, 0) is 45.0 Å². The van der Waals surface area contributed by atoms with E-state index in [4.69, 9.17) is 58.3 Å². The Labute approximate surface area is 868 Å². The fourth-order valence-corrected chi connectivity index (χ4v) is 18.3. The largest absolute Gasteiger partial charge is 0.490 e. The summed E-state index contributed by atoms with van der Waals surface area (Å²) in [7, 11) is 0. The van der Waals surface area contributed by atoms with E-state index >= 15 is 0 Å². The highest BCUT2D eigenvalue weighted by atomic mass is 35.5. The van der Waals surface area contributed by atoms with Crippen LogP contribution in [0.2, 0.25) is 0 Å². The maximum Gasteiger partial charge on any atom is 0.341 e. The molecule has 0 bridgehead atoms. The Morgan fingerprint density at radius 1 is 0.392 bits per heavy atom. The van der Waals surface area contributed by atoms with E-state index in [0.29, 0.717) is 74.3 Å².